The highest BCUT2D eigenvalue weighted by Gasteiger charge is 2.32. The lowest BCUT2D eigenvalue weighted by Crippen LogP contribution is -2.26. The highest BCUT2D eigenvalue weighted by molar-refractivity contribution is 6.01. The van der Waals surface area contributed by atoms with Gasteiger partial charge in [0.05, 0.1) is 7.11 Å². The number of carbonyl (C=O) groups is 1. The quantitative estimate of drug-likeness (QED) is 0.771. The zero-order valence-electron chi connectivity index (χ0n) is 11.4. The van der Waals surface area contributed by atoms with E-state index in [4.69, 9.17) is 9.47 Å². The van der Waals surface area contributed by atoms with Crippen molar-refractivity contribution in [2.24, 2.45) is 5.92 Å². The minimum Gasteiger partial charge on any atom is -0.496 e. The summed E-state index contributed by atoms with van der Waals surface area (Å²) in [6.07, 6.45) is 0.682. The summed E-state index contributed by atoms with van der Waals surface area (Å²) >= 11 is 0. The molecule has 0 aromatic heterocycles. The van der Waals surface area contributed by atoms with E-state index in [-0.39, 0.29) is 11.9 Å². The SMILES string of the molecule is COc1cc(C)c(C(=O)C2OCCC2C)cc1C. The molecule has 0 spiro atoms. The summed E-state index contributed by atoms with van der Waals surface area (Å²) < 4.78 is 10.8. The third-order valence-electron chi connectivity index (χ3n) is 3.65. The summed E-state index contributed by atoms with van der Waals surface area (Å²) in [5, 5.41) is 0. The molecule has 0 bridgehead atoms. The summed E-state index contributed by atoms with van der Waals surface area (Å²) in [5.41, 5.74) is 2.69. The number of carbonyl (C=O) groups excluding carboxylic acids is 1. The van der Waals surface area contributed by atoms with E-state index in [0.29, 0.717) is 12.5 Å². The van der Waals surface area contributed by atoms with Crippen LogP contribution < -0.4 is 4.74 Å². The highest BCUT2D eigenvalue weighted by Crippen LogP contribution is 2.28. The fourth-order valence-electron chi connectivity index (χ4n) is 2.46. The van der Waals surface area contributed by atoms with Crippen molar-refractivity contribution in [2.45, 2.75) is 33.3 Å². The largest absolute Gasteiger partial charge is 0.496 e. The van der Waals surface area contributed by atoms with Crippen molar-refractivity contribution >= 4 is 5.78 Å². The monoisotopic (exact) mass is 248 g/mol. The van der Waals surface area contributed by atoms with Crippen LogP contribution in [0.25, 0.3) is 0 Å². The van der Waals surface area contributed by atoms with Gasteiger partial charge in [0, 0.05) is 12.2 Å². The number of aryl methyl sites for hydroxylation is 2. The molecule has 1 aliphatic rings. The van der Waals surface area contributed by atoms with E-state index >= 15 is 0 Å². The van der Waals surface area contributed by atoms with E-state index in [1.54, 1.807) is 7.11 Å². The van der Waals surface area contributed by atoms with Gasteiger partial charge >= 0.3 is 0 Å². The molecule has 1 heterocycles. The zero-order chi connectivity index (χ0) is 13.3. The maximum absolute atomic E-state index is 12.5. The fourth-order valence-corrected chi connectivity index (χ4v) is 2.46. The van der Waals surface area contributed by atoms with Crippen LogP contribution >= 0.6 is 0 Å². The Morgan fingerprint density at radius 3 is 2.61 bits per heavy atom. The molecule has 3 heteroatoms. The Balaban J connectivity index is 2.33. The number of hydrogen-bond acceptors (Lipinski definition) is 3. The lowest BCUT2D eigenvalue weighted by molar-refractivity contribution is 0.0578. The molecule has 0 saturated carbocycles. The van der Waals surface area contributed by atoms with Crippen molar-refractivity contribution < 1.29 is 14.3 Å². The number of benzene rings is 1. The van der Waals surface area contributed by atoms with Crippen molar-refractivity contribution in [1.82, 2.24) is 0 Å². The van der Waals surface area contributed by atoms with Gasteiger partial charge in [-0.1, -0.05) is 6.92 Å². The normalized spacial score (nSPS) is 23.1. The molecule has 1 aromatic rings. The van der Waals surface area contributed by atoms with Gasteiger partial charge in [-0.3, -0.25) is 4.79 Å². The molecule has 1 aromatic carbocycles. The second-order valence-corrected chi connectivity index (χ2v) is 5.06. The molecular weight excluding hydrogens is 228 g/mol. The molecule has 1 aliphatic heterocycles. The molecule has 18 heavy (non-hydrogen) atoms. The molecule has 98 valence electrons. The van der Waals surface area contributed by atoms with Gasteiger partial charge in [0.15, 0.2) is 5.78 Å². The molecule has 0 radical (unpaired) electrons. The average Bonchev–Trinajstić information content (AvgIpc) is 2.77. The summed E-state index contributed by atoms with van der Waals surface area (Å²) in [6.45, 7) is 6.65. The molecular formula is C15H20O3. The third kappa shape index (κ3) is 2.27. The van der Waals surface area contributed by atoms with E-state index in [1.807, 2.05) is 26.0 Å². The van der Waals surface area contributed by atoms with E-state index in [0.717, 1.165) is 28.9 Å². The Morgan fingerprint density at radius 1 is 1.33 bits per heavy atom. The molecule has 0 aliphatic carbocycles. The van der Waals surface area contributed by atoms with Gasteiger partial charge in [0.25, 0.3) is 0 Å². The molecule has 0 N–H and O–H groups in total. The maximum atomic E-state index is 12.5. The molecule has 2 unspecified atom stereocenters. The van der Waals surface area contributed by atoms with Crippen LogP contribution in [0, 0.1) is 19.8 Å². The van der Waals surface area contributed by atoms with Gasteiger partial charge in [-0.25, -0.2) is 0 Å². The van der Waals surface area contributed by atoms with Gasteiger partial charge in [-0.05, 0) is 49.4 Å². The maximum Gasteiger partial charge on any atom is 0.192 e. The van der Waals surface area contributed by atoms with Gasteiger partial charge in [-0.2, -0.15) is 0 Å². The average molecular weight is 248 g/mol. The predicted octanol–water partition coefficient (Wildman–Crippen LogP) is 2.92. The highest BCUT2D eigenvalue weighted by atomic mass is 16.5. The second kappa shape index (κ2) is 5.11. The fraction of sp³-hybridized carbons (Fsp3) is 0.533. The van der Waals surface area contributed by atoms with Gasteiger partial charge in [0.2, 0.25) is 0 Å². The minimum atomic E-state index is -0.281. The molecule has 1 saturated heterocycles. The van der Waals surface area contributed by atoms with E-state index in [2.05, 4.69) is 6.92 Å². The number of rotatable bonds is 3. The predicted molar refractivity (Wildman–Crippen MR) is 70.3 cm³/mol. The number of ether oxygens (including phenoxy) is 2. The standard InChI is InChI=1S/C15H20O3/c1-9-5-6-18-15(9)14(16)12-7-11(3)13(17-4)8-10(12)2/h7-9,15H,5-6H2,1-4H3. The lowest BCUT2D eigenvalue weighted by atomic mass is 9.92. The van der Waals surface area contributed by atoms with Crippen LogP contribution in [0.3, 0.4) is 0 Å². The second-order valence-electron chi connectivity index (χ2n) is 5.06. The Morgan fingerprint density at radius 2 is 2.06 bits per heavy atom. The topological polar surface area (TPSA) is 35.5 Å². The van der Waals surface area contributed by atoms with Crippen LogP contribution in [0.2, 0.25) is 0 Å². The van der Waals surface area contributed by atoms with Crippen LogP contribution in [-0.2, 0) is 4.74 Å². The first-order chi connectivity index (χ1) is 8.54. The van der Waals surface area contributed by atoms with Crippen molar-refractivity contribution in [2.75, 3.05) is 13.7 Å². The molecule has 1 fully saturated rings. The van der Waals surface area contributed by atoms with Gasteiger partial charge < -0.3 is 9.47 Å². The number of methoxy groups -OCH3 is 1. The number of Topliss-reactive ketones (excluding diaryl/α,β-unsaturated/α-hetero) is 1. The summed E-state index contributed by atoms with van der Waals surface area (Å²) in [5.74, 6) is 1.23. The van der Waals surface area contributed by atoms with Crippen LogP contribution in [0.1, 0.15) is 34.8 Å². The first-order valence-electron chi connectivity index (χ1n) is 6.35. The Bertz CT molecular complexity index is 465. The summed E-state index contributed by atoms with van der Waals surface area (Å²) in [4.78, 5) is 12.5. The Hall–Kier alpha value is -1.35. The number of hydrogen-bond donors (Lipinski definition) is 0. The molecule has 3 nitrogen and oxygen atoms in total. The lowest BCUT2D eigenvalue weighted by Gasteiger charge is -2.16. The van der Waals surface area contributed by atoms with Crippen molar-refractivity contribution in [1.29, 1.82) is 0 Å². The molecule has 2 rings (SSSR count). The van der Waals surface area contributed by atoms with Crippen molar-refractivity contribution in [3.8, 4) is 5.75 Å². The number of ketones is 1. The van der Waals surface area contributed by atoms with E-state index < -0.39 is 0 Å². The Kier molecular flexibility index (Phi) is 3.71. The smallest absolute Gasteiger partial charge is 0.192 e. The van der Waals surface area contributed by atoms with Crippen molar-refractivity contribution in [3.63, 3.8) is 0 Å². The first-order valence-corrected chi connectivity index (χ1v) is 6.35. The summed E-state index contributed by atoms with van der Waals surface area (Å²) in [7, 11) is 1.64. The van der Waals surface area contributed by atoms with Crippen molar-refractivity contribution in [3.05, 3.63) is 28.8 Å². The van der Waals surface area contributed by atoms with Crippen LogP contribution in [-0.4, -0.2) is 25.6 Å². The Labute approximate surface area is 108 Å². The van der Waals surface area contributed by atoms with Crippen LogP contribution in [0.15, 0.2) is 12.1 Å². The van der Waals surface area contributed by atoms with Crippen LogP contribution in [0.4, 0.5) is 0 Å². The first kappa shape index (κ1) is 13.1. The van der Waals surface area contributed by atoms with Crippen LogP contribution in [0.5, 0.6) is 5.75 Å². The summed E-state index contributed by atoms with van der Waals surface area (Å²) in [6, 6.07) is 3.83. The third-order valence-corrected chi connectivity index (χ3v) is 3.65. The van der Waals surface area contributed by atoms with Gasteiger partial charge in [0.1, 0.15) is 11.9 Å². The minimum absolute atomic E-state index is 0.100. The molecule has 0 amide bonds. The van der Waals surface area contributed by atoms with E-state index in [1.165, 1.54) is 0 Å². The molecule has 2 atom stereocenters. The zero-order valence-corrected chi connectivity index (χ0v) is 11.4. The van der Waals surface area contributed by atoms with Gasteiger partial charge in [-0.15, -0.1) is 0 Å². The van der Waals surface area contributed by atoms with E-state index in [9.17, 15) is 4.79 Å².